The zero-order valence-corrected chi connectivity index (χ0v) is 9.09. The maximum atomic E-state index is 5.75. The van der Waals surface area contributed by atoms with Gasteiger partial charge in [-0.3, -0.25) is 0 Å². The fraction of sp³-hybridized carbons (Fsp3) is 0.600. The standard InChI is InChI=1S/C8H12N4.C2H6/c1-5-11-7-2-3-10-4-6(7)8(9)12-5;1-2/h10H,2-4H2,1H3,(H2,9,11,12);1-2H3. The molecular weight excluding hydrogens is 176 g/mol. The monoisotopic (exact) mass is 194 g/mol. The van der Waals surface area contributed by atoms with Crippen LogP contribution in [0.4, 0.5) is 5.82 Å². The van der Waals surface area contributed by atoms with E-state index in [-0.39, 0.29) is 0 Å². The highest BCUT2D eigenvalue weighted by atomic mass is 15.0. The lowest BCUT2D eigenvalue weighted by Gasteiger charge is -2.17. The summed E-state index contributed by atoms with van der Waals surface area (Å²) in [6.45, 7) is 7.67. The lowest BCUT2D eigenvalue weighted by molar-refractivity contribution is 0.625. The molecular formula is C10H18N4. The van der Waals surface area contributed by atoms with Gasteiger partial charge in [-0.25, -0.2) is 9.97 Å². The number of nitrogens with two attached hydrogens (primary N) is 1. The number of rotatable bonds is 0. The minimum atomic E-state index is 0.629. The Morgan fingerprint density at radius 3 is 2.71 bits per heavy atom. The van der Waals surface area contributed by atoms with E-state index in [1.807, 2.05) is 20.8 Å². The molecule has 0 amide bonds. The molecule has 0 saturated carbocycles. The molecule has 78 valence electrons. The van der Waals surface area contributed by atoms with Crippen molar-refractivity contribution in [1.82, 2.24) is 15.3 Å². The number of aromatic nitrogens is 2. The molecule has 0 fully saturated rings. The van der Waals surface area contributed by atoms with E-state index < -0.39 is 0 Å². The fourth-order valence-corrected chi connectivity index (χ4v) is 1.50. The maximum absolute atomic E-state index is 5.75. The molecule has 3 N–H and O–H groups in total. The smallest absolute Gasteiger partial charge is 0.131 e. The molecule has 4 heteroatoms. The molecule has 0 atom stereocenters. The van der Waals surface area contributed by atoms with Crippen molar-refractivity contribution < 1.29 is 0 Å². The Labute approximate surface area is 85.0 Å². The minimum absolute atomic E-state index is 0.629. The number of hydrogen-bond acceptors (Lipinski definition) is 4. The van der Waals surface area contributed by atoms with Crippen LogP contribution in [0.25, 0.3) is 0 Å². The number of aryl methyl sites for hydroxylation is 1. The Morgan fingerprint density at radius 2 is 2.00 bits per heavy atom. The number of nitrogens with one attached hydrogen (secondary N) is 1. The summed E-state index contributed by atoms with van der Waals surface area (Å²) in [6.07, 6.45) is 0.961. The van der Waals surface area contributed by atoms with Crippen molar-refractivity contribution in [2.24, 2.45) is 0 Å². The van der Waals surface area contributed by atoms with Crippen molar-refractivity contribution in [3.63, 3.8) is 0 Å². The second-order valence-electron chi connectivity index (χ2n) is 3.01. The van der Waals surface area contributed by atoms with Gasteiger partial charge in [0.1, 0.15) is 11.6 Å². The van der Waals surface area contributed by atoms with Gasteiger partial charge in [-0.1, -0.05) is 13.8 Å². The van der Waals surface area contributed by atoms with E-state index in [0.717, 1.165) is 36.6 Å². The largest absolute Gasteiger partial charge is 0.383 e. The first-order valence-corrected chi connectivity index (χ1v) is 5.10. The molecule has 1 aliphatic heterocycles. The summed E-state index contributed by atoms with van der Waals surface area (Å²) in [5.74, 6) is 1.40. The zero-order chi connectivity index (χ0) is 10.6. The number of nitrogen functional groups attached to an aromatic ring is 1. The van der Waals surface area contributed by atoms with E-state index in [0.29, 0.717) is 5.82 Å². The average Bonchev–Trinajstić information content (AvgIpc) is 2.20. The third-order valence-corrected chi connectivity index (χ3v) is 2.08. The van der Waals surface area contributed by atoms with E-state index in [9.17, 15) is 0 Å². The molecule has 14 heavy (non-hydrogen) atoms. The Balaban J connectivity index is 0.000000461. The van der Waals surface area contributed by atoms with Crippen molar-refractivity contribution in [3.8, 4) is 0 Å². The third kappa shape index (κ3) is 2.20. The summed E-state index contributed by atoms with van der Waals surface area (Å²) in [7, 11) is 0. The maximum Gasteiger partial charge on any atom is 0.131 e. The minimum Gasteiger partial charge on any atom is -0.383 e. The summed E-state index contributed by atoms with van der Waals surface area (Å²) < 4.78 is 0. The van der Waals surface area contributed by atoms with Crippen LogP contribution in [0.5, 0.6) is 0 Å². The molecule has 1 aromatic rings. The van der Waals surface area contributed by atoms with E-state index in [1.165, 1.54) is 0 Å². The van der Waals surface area contributed by atoms with E-state index in [2.05, 4.69) is 15.3 Å². The first-order valence-electron chi connectivity index (χ1n) is 5.10. The van der Waals surface area contributed by atoms with Gasteiger partial charge in [0.05, 0.1) is 5.69 Å². The molecule has 0 bridgehead atoms. The van der Waals surface area contributed by atoms with Gasteiger partial charge in [-0.15, -0.1) is 0 Å². The highest BCUT2D eigenvalue weighted by Crippen LogP contribution is 2.16. The lowest BCUT2D eigenvalue weighted by atomic mass is 10.1. The van der Waals surface area contributed by atoms with Crippen LogP contribution in [0.3, 0.4) is 0 Å². The lowest BCUT2D eigenvalue weighted by Crippen LogP contribution is -2.26. The van der Waals surface area contributed by atoms with Crippen LogP contribution in [0.2, 0.25) is 0 Å². The predicted octanol–water partition coefficient (Wildman–Crippen LogP) is 1.04. The van der Waals surface area contributed by atoms with Crippen molar-refractivity contribution in [2.75, 3.05) is 12.3 Å². The molecule has 0 saturated heterocycles. The van der Waals surface area contributed by atoms with Crippen LogP contribution in [0.15, 0.2) is 0 Å². The highest BCUT2D eigenvalue weighted by Gasteiger charge is 2.13. The fourth-order valence-electron chi connectivity index (χ4n) is 1.50. The Hall–Kier alpha value is -1.16. The molecule has 4 nitrogen and oxygen atoms in total. The molecule has 1 aliphatic rings. The van der Waals surface area contributed by atoms with Crippen LogP contribution in [-0.2, 0) is 13.0 Å². The average molecular weight is 194 g/mol. The molecule has 0 spiro atoms. The van der Waals surface area contributed by atoms with Crippen molar-refractivity contribution in [3.05, 3.63) is 17.1 Å². The van der Waals surface area contributed by atoms with Gasteiger partial charge in [0.15, 0.2) is 0 Å². The summed E-state index contributed by atoms with van der Waals surface area (Å²) in [5.41, 5.74) is 7.94. The summed E-state index contributed by atoms with van der Waals surface area (Å²) in [6, 6.07) is 0. The zero-order valence-electron chi connectivity index (χ0n) is 9.09. The first kappa shape index (κ1) is 10.9. The number of hydrogen-bond donors (Lipinski definition) is 2. The quantitative estimate of drug-likeness (QED) is 0.647. The van der Waals surface area contributed by atoms with Crippen LogP contribution in [0, 0.1) is 6.92 Å². The Morgan fingerprint density at radius 1 is 1.29 bits per heavy atom. The van der Waals surface area contributed by atoms with Crippen molar-refractivity contribution in [1.29, 1.82) is 0 Å². The van der Waals surface area contributed by atoms with Gasteiger partial charge in [0.2, 0.25) is 0 Å². The predicted molar refractivity (Wildman–Crippen MR) is 57.9 cm³/mol. The molecule has 0 aromatic carbocycles. The molecule has 1 aromatic heterocycles. The molecule has 0 aliphatic carbocycles. The van der Waals surface area contributed by atoms with Crippen LogP contribution in [0.1, 0.15) is 30.9 Å². The number of nitrogens with zero attached hydrogens (tertiary/aromatic N) is 2. The van der Waals surface area contributed by atoms with Crippen LogP contribution in [-0.4, -0.2) is 16.5 Å². The normalized spacial score (nSPS) is 13.9. The second kappa shape index (κ2) is 4.91. The first-order chi connectivity index (χ1) is 6.77. The third-order valence-electron chi connectivity index (χ3n) is 2.08. The van der Waals surface area contributed by atoms with Crippen molar-refractivity contribution >= 4 is 5.82 Å². The number of anilines is 1. The van der Waals surface area contributed by atoms with Crippen LogP contribution < -0.4 is 11.1 Å². The van der Waals surface area contributed by atoms with Gasteiger partial charge in [-0.2, -0.15) is 0 Å². The van der Waals surface area contributed by atoms with E-state index in [4.69, 9.17) is 5.73 Å². The molecule has 2 rings (SSSR count). The topological polar surface area (TPSA) is 63.8 Å². The SMILES string of the molecule is CC.Cc1nc(N)c2c(n1)CCNC2. The van der Waals surface area contributed by atoms with Gasteiger partial charge in [0, 0.05) is 25.1 Å². The molecule has 0 radical (unpaired) electrons. The number of fused-ring (bicyclic) bond motifs is 1. The van der Waals surface area contributed by atoms with Gasteiger partial charge in [0.25, 0.3) is 0 Å². The van der Waals surface area contributed by atoms with E-state index >= 15 is 0 Å². The molecule has 2 heterocycles. The molecule has 0 unspecified atom stereocenters. The van der Waals surface area contributed by atoms with Gasteiger partial charge >= 0.3 is 0 Å². The Kier molecular flexibility index (Phi) is 3.83. The Bertz CT molecular complexity index is 309. The van der Waals surface area contributed by atoms with Gasteiger partial charge in [-0.05, 0) is 6.92 Å². The van der Waals surface area contributed by atoms with Crippen LogP contribution >= 0.6 is 0 Å². The highest BCUT2D eigenvalue weighted by molar-refractivity contribution is 5.43. The van der Waals surface area contributed by atoms with Gasteiger partial charge < -0.3 is 11.1 Å². The van der Waals surface area contributed by atoms with E-state index in [1.54, 1.807) is 0 Å². The second-order valence-corrected chi connectivity index (χ2v) is 3.01. The summed E-state index contributed by atoms with van der Waals surface area (Å²) in [4.78, 5) is 8.46. The van der Waals surface area contributed by atoms with Crippen molar-refractivity contribution in [2.45, 2.75) is 33.7 Å². The summed E-state index contributed by atoms with van der Waals surface area (Å²) >= 11 is 0. The summed E-state index contributed by atoms with van der Waals surface area (Å²) in [5, 5.41) is 3.24.